The van der Waals surface area contributed by atoms with Gasteiger partial charge in [0.15, 0.2) is 5.82 Å². The Labute approximate surface area is 175 Å². The summed E-state index contributed by atoms with van der Waals surface area (Å²) in [6, 6.07) is 21.6. The van der Waals surface area contributed by atoms with E-state index in [-0.39, 0.29) is 10.7 Å². The van der Waals surface area contributed by atoms with Crippen molar-refractivity contribution in [1.82, 2.24) is 9.78 Å². The van der Waals surface area contributed by atoms with E-state index >= 15 is 0 Å². The van der Waals surface area contributed by atoms with Gasteiger partial charge in [-0.15, -0.1) is 0 Å². The van der Waals surface area contributed by atoms with Gasteiger partial charge >= 0.3 is 0 Å². The molecule has 1 heterocycles. The second kappa shape index (κ2) is 8.17. The van der Waals surface area contributed by atoms with Gasteiger partial charge in [-0.2, -0.15) is 5.10 Å². The smallest absolute Gasteiger partial charge is 0.263 e. The Kier molecular flexibility index (Phi) is 5.43. The van der Waals surface area contributed by atoms with E-state index in [1.165, 1.54) is 12.1 Å². The van der Waals surface area contributed by atoms with Crippen molar-refractivity contribution >= 4 is 26.7 Å². The lowest BCUT2D eigenvalue weighted by Crippen LogP contribution is -2.14. The number of ether oxygens (including phenoxy) is 1. The first-order chi connectivity index (χ1) is 14.5. The minimum absolute atomic E-state index is 0.165. The number of benzene rings is 3. The van der Waals surface area contributed by atoms with Crippen molar-refractivity contribution in [3.8, 4) is 5.75 Å². The highest BCUT2D eigenvalue weighted by molar-refractivity contribution is 7.92. The van der Waals surface area contributed by atoms with Crippen LogP contribution in [0.4, 0.5) is 5.82 Å². The highest BCUT2D eigenvalue weighted by Crippen LogP contribution is 2.33. The first-order valence-electron chi connectivity index (χ1n) is 9.41. The Balaban J connectivity index is 1.80. The molecule has 0 fully saturated rings. The van der Waals surface area contributed by atoms with Gasteiger partial charge in [-0.1, -0.05) is 48.5 Å². The van der Waals surface area contributed by atoms with E-state index < -0.39 is 10.0 Å². The van der Waals surface area contributed by atoms with Crippen LogP contribution >= 0.6 is 0 Å². The summed E-state index contributed by atoms with van der Waals surface area (Å²) >= 11 is 0. The Morgan fingerprint density at radius 1 is 1.00 bits per heavy atom. The summed E-state index contributed by atoms with van der Waals surface area (Å²) in [6.07, 6.45) is 0. The molecule has 0 aliphatic carbocycles. The van der Waals surface area contributed by atoms with Crippen molar-refractivity contribution in [2.45, 2.75) is 18.0 Å². The molecule has 8 heteroatoms. The number of aromatic nitrogens is 2. The van der Waals surface area contributed by atoms with Gasteiger partial charge in [0.1, 0.15) is 5.75 Å². The minimum atomic E-state index is -3.80. The molecule has 0 amide bonds. The van der Waals surface area contributed by atoms with Crippen molar-refractivity contribution in [2.24, 2.45) is 5.73 Å². The summed E-state index contributed by atoms with van der Waals surface area (Å²) in [5.41, 5.74) is 8.55. The average molecular weight is 423 g/mol. The fourth-order valence-electron chi connectivity index (χ4n) is 3.37. The van der Waals surface area contributed by atoms with E-state index in [1.807, 2.05) is 36.4 Å². The molecule has 154 valence electrons. The van der Waals surface area contributed by atoms with Gasteiger partial charge in [0, 0.05) is 6.54 Å². The molecule has 7 nitrogen and oxygen atoms in total. The number of rotatable bonds is 7. The molecule has 30 heavy (non-hydrogen) atoms. The first kappa shape index (κ1) is 19.9. The van der Waals surface area contributed by atoms with E-state index in [0.717, 1.165) is 16.6 Å². The number of fused-ring (bicyclic) bond motifs is 1. The zero-order valence-corrected chi connectivity index (χ0v) is 17.3. The largest absolute Gasteiger partial charge is 0.496 e. The lowest BCUT2D eigenvalue weighted by atomic mass is 10.1. The number of nitrogens with two attached hydrogens (primary N) is 1. The van der Waals surface area contributed by atoms with Crippen molar-refractivity contribution in [3.63, 3.8) is 0 Å². The third-order valence-corrected chi connectivity index (χ3v) is 6.16. The number of sulfonamides is 1. The van der Waals surface area contributed by atoms with Crippen LogP contribution in [0.1, 0.15) is 11.1 Å². The van der Waals surface area contributed by atoms with Crippen LogP contribution in [0, 0.1) is 0 Å². The molecule has 0 atom stereocenters. The fraction of sp³-hybridized carbons (Fsp3) is 0.136. The Morgan fingerprint density at radius 2 is 1.73 bits per heavy atom. The van der Waals surface area contributed by atoms with Crippen LogP contribution in [0.25, 0.3) is 10.9 Å². The molecular formula is C22H22N4O3S. The van der Waals surface area contributed by atoms with Gasteiger partial charge in [0.25, 0.3) is 10.0 Å². The normalized spacial score (nSPS) is 11.5. The second-order valence-corrected chi connectivity index (χ2v) is 8.49. The van der Waals surface area contributed by atoms with Gasteiger partial charge in [0.2, 0.25) is 0 Å². The van der Waals surface area contributed by atoms with Crippen LogP contribution in [0.3, 0.4) is 0 Å². The van der Waals surface area contributed by atoms with Gasteiger partial charge in [-0.05, 0) is 35.4 Å². The molecule has 0 saturated heterocycles. The Morgan fingerprint density at radius 3 is 2.47 bits per heavy atom. The average Bonchev–Trinajstić information content (AvgIpc) is 3.11. The van der Waals surface area contributed by atoms with Crippen molar-refractivity contribution in [1.29, 1.82) is 0 Å². The van der Waals surface area contributed by atoms with E-state index in [9.17, 15) is 8.42 Å². The van der Waals surface area contributed by atoms with E-state index in [4.69, 9.17) is 10.5 Å². The molecule has 0 spiro atoms. The maximum atomic E-state index is 12.9. The minimum Gasteiger partial charge on any atom is -0.496 e. The molecule has 4 rings (SSSR count). The molecule has 0 unspecified atom stereocenters. The van der Waals surface area contributed by atoms with Crippen LogP contribution < -0.4 is 15.2 Å². The standard InChI is InChI=1S/C22H22N4O3S/c1-29-20-12-6-11-19-21(20)22(25-30(27,28)18-9-3-2-4-10-18)24-26(19)15-17-8-5-7-16(13-17)14-23/h2-13H,14-15,23H2,1H3,(H,24,25). The third kappa shape index (κ3) is 3.87. The van der Waals surface area contributed by atoms with Gasteiger partial charge < -0.3 is 10.5 Å². The number of hydrogen-bond acceptors (Lipinski definition) is 5. The lowest BCUT2D eigenvalue weighted by molar-refractivity contribution is 0.420. The van der Waals surface area contributed by atoms with Gasteiger partial charge in [-0.3, -0.25) is 9.40 Å². The maximum Gasteiger partial charge on any atom is 0.263 e. The molecule has 0 aliphatic heterocycles. The zero-order chi connectivity index (χ0) is 21.1. The van der Waals surface area contributed by atoms with Gasteiger partial charge in [-0.25, -0.2) is 8.42 Å². The zero-order valence-electron chi connectivity index (χ0n) is 16.4. The number of hydrogen-bond donors (Lipinski definition) is 2. The van der Waals surface area contributed by atoms with Crippen LogP contribution in [-0.4, -0.2) is 25.3 Å². The summed E-state index contributed by atoms with van der Waals surface area (Å²) in [6.45, 7) is 0.911. The summed E-state index contributed by atoms with van der Waals surface area (Å²) in [5.74, 6) is 0.765. The Hall–Kier alpha value is -3.36. The number of nitrogens with zero attached hydrogens (tertiary/aromatic N) is 2. The topological polar surface area (TPSA) is 99.2 Å². The van der Waals surface area contributed by atoms with E-state index in [1.54, 1.807) is 36.1 Å². The molecule has 0 bridgehead atoms. The highest BCUT2D eigenvalue weighted by atomic mass is 32.2. The fourth-order valence-corrected chi connectivity index (χ4v) is 4.40. The summed E-state index contributed by atoms with van der Waals surface area (Å²) in [4.78, 5) is 0.165. The van der Waals surface area contributed by atoms with E-state index in [2.05, 4.69) is 9.82 Å². The summed E-state index contributed by atoms with van der Waals surface area (Å²) in [5, 5.41) is 5.18. The number of methoxy groups -OCH3 is 1. The van der Waals surface area contributed by atoms with Crippen LogP contribution in [0.2, 0.25) is 0 Å². The molecule has 0 radical (unpaired) electrons. The second-order valence-electron chi connectivity index (χ2n) is 6.80. The SMILES string of the molecule is COc1cccc2c1c(NS(=O)(=O)c1ccccc1)nn2Cc1cccc(CN)c1. The molecule has 0 aliphatic rings. The molecular weight excluding hydrogens is 400 g/mol. The molecule has 3 aromatic carbocycles. The molecule has 3 N–H and O–H groups in total. The monoisotopic (exact) mass is 422 g/mol. The quantitative estimate of drug-likeness (QED) is 0.476. The van der Waals surface area contributed by atoms with Crippen molar-refractivity contribution < 1.29 is 13.2 Å². The Bertz CT molecular complexity index is 1280. The van der Waals surface area contributed by atoms with Crippen molar-refractivity contribution in [2.75, 3.05) is 11.8 Å². The lowest BCUT2D eigenvalue weighted by Gasteiger charge is -2.07. The predicted octanol–water partition coefficient (Wildman–Crippen LogP) is 3.35. The molecule has 1 aromatic heterocycles. The summed E-state index contributed by atoms with van der Waals surface area (Å²) < 4.78 is 35.6. The van der Waals surface area contributed by atoms with E-state index in [0.29, 0.717) is 24.2 Å². The predicted molar refractivity (Wildman–Crippen MR) is 117 cm³/mol. The summed E-state index contributed by atoms with van der Waals surface area (Å²) in [7, 11) is -2.25. The third-order valence-electron chi connectivity index (χ3n) is 4.80. The van der Waals surface area contributed by atoms with Crippen molar-refractivity contribution in [3.05, 3.63) is 83.9 Å². The van der Waals surface area contributed by atoms with Crippen LogP contribution in [0.15, 0.2) is 77.7 Å². The number of anilines is 1. The van der Waals surface area contributed by atoms with Crippen LogP contribution in [-0.2, 0) is 23.1 Å². The highest BCUT2D eigenvalue weighted by Gasteiger charge is 2.21. The first-order valence-corrected chi connectivity index (χ1v) is 10.9. The molecule has 0 saturated carbocycles. The van der Waals surface area contributed by atoms with Crippen LogP contribution in [0.5, 0.6) is 5.75 Å². The maximum absolute atomic E-state index is 12.9. The van der Waals surface area contributed by atoms with Gasteiger partial charge in [0.05, 0.1) is 29.5 Å². The molecule has 4 aromatic rings. The number of nitrogens with one attached hydrogen (secondary N) is 1.